The Kier molecular flexibility index (Phi) is 5.59. The standard InChI is InChI=1S/C20H15FN2O5/c21-14-5-1-12(2-6-14)16(11-18(24)25)17-9-10-22-20(23-17)28-15-7-3-13(4-8-15)19(26)27/h1-10,16H,11H2,(H,24,25)(H,26,27). The maximum atomic E-state index is 13.2. The van der Waals surface area contributed by atoms with Crippen molar-refractivity contribution in [2.75, 3.05) is 0 Å². The van der Waals surface area contributed by atoms with Gasteiger partial charge in [-0.15, -0.1) is 0 Å². The summed E-state index contributed by atoms with van der Waals surface area (Å²) in [6.45, 7) is 0. The zero-order valence-electron chi connectivity index (χ0n) is 14.4. The zero-order valence-corrected chi connectivity index (χ0v) is 14.4. The van der Waals surface area contributed by atoms with E-state index in [1.54, 1.807) is 6.07 Å². The molecule has 1 aromatic heterocycles. The van der Waals surface area contributed by atoms with E-state index in [4.69, 9.17) is 9.84 Å². The summed E-state index contributed by atoms with van der Waals surface area (Å²) in [7, 11) is 0. The van der Waals surface area contributed by atoms with Gasteiger partial charge in [0.2, 0.25) is 0 Å². The molecule has 0 fully saturated rings. The van der Waals surface area contributed by atoms with E-state index in [0.29, 0.717) is 17.0 Å². The number of hydrogen-bond donors (Lipinski definition) is 2. The van der Waals surface area contributed by atoms with Gasteiger partial charge >= 0.3 is 17.9 Å². The molecule has 0 aliphatic carbocycles. The van der Waals surface area contributed by atoms with Crippen LogP contribution in [-0.4, -0.2) is 32.1 Å². The maximum Gasteiger partial charge on any atom is 0.335 e. The number of carboxylic acids is 2. The molecule has 8 heteroatoms. The summed E-state index contributed by atoms with van der Waals surface area (Å²) >= 11 is 0. The second kappa shape index (κ2) is 8.26. The van der Waals surface area contributed by atoms with Crippen LogP contribution in [0.15, 0.2) is 60.8 Å². The first-order valence-electron chi connectivity index (χ1n) is 8.24. The SMILES string of the molecule is O=C(O)CC(c1ccc(F)cc1)c1ccnc(Oc2ccc(C(=O)O)cc2)n1. The number of aromatic carboxylic acids is 1. The summed E-state index contributed by atoms with van der Waals surface area (Å²) in [5.74, 6) is -2.79. The van der Waals surface area contributed by atoms with E-state index >= 15 is 0 Å². The van der Waals surface area contributed by atoms with Gasteiger partial charge in [-0.3, -0.25) is 4.79 Å². The third-order valence-electron chi connectivity index (χ3n) is 3.97. The summed E-state index contributed by atoms with van der Waals surface area (Å²) in [5.41, 5.74) is 1.11. The van der Waals surface area contributed by atoms with E-state index in [-0.39, 0.29) is 18.0 Å². The summed E-state index contributed by atoms with van der Waals surface area (Å²) in [6.07, 6.45) is 1.19. The van der Waals surface area contributed by atoms with Crippen molar-refractivity contribution in [1.29, 1.82) is 0 Å². The summed E-state index contributed by atoms with van der Waals surface area (Å²) in [6, 6.07) is 12.8. The Bertz CT molecular complexity index is 990. The topological polar surface area (TPSA) is 110 Å². The van der Waals surface area contributed by atoms with Gasteiger partial charge in [0.15, 0.2) is 0 Å². The molecule has 0 aliphatic rings. The van der Waals surface area contributed by atoms with Gasteiger partial charge in [-0.1, -0.05) is 12.1 Å². The molecule has 0 radical (unpaired) electrons. The molecule has 1 atom stereocenters. The minimum atomic E-state index is -1.05. The smallest absolute Gasteiger partial charge is 0.335 e. The molecule has 3 rings (SSSR count). The average Bonchev–Trinajstić information content (AvgIpc) is 2.67. The van der Waals surface area contributed by atoms with Gasteiger partial charge in [-0.25, -0.2) is 14.2 Å². The molecular weight excluding hydrogens is 367 g/mol. The normalized spacial score (nSPS) is 11.6. The number of halogens is 1. The molecule has 7 nitrogen and oxygen atoms in total. The van der Waals surface area contributed by atoms with E-state index in [1.807, 2.05) is 0 Å². The number of carboxylic acid groups (broad SMARTS) is 2. The first kappa shape index (κ1) is 19.0. The van der Waals surface area contributed by atoms with Crippen LogP contribution < -0.4 is 4.74 Å². The van der Waals surface area contributed by atoms with Crippen molar-refractivity contribution in [3.05, 3.63) is 83.4 Å². The molecule has 0 saturated heterocycles. The van der Waals surface area contributed by atoms with Crippen LogP contribution in [0.4, 0.5) is 4.39 Å². The third-order valence-corrected chi connectivity index (χ3v) is 3.97. The van der Waals surface area contributed by atoms with Crippen molar-refractivity contribution in [2.45, 2.75) is 12.3 Å². The van der Waals surface area contributed by atoms with Gasteiger partial charge in [0.05, 0.1) is 17.7 Å². The highest BCUT2D eigenvalue weighted by Gasteiger charge is 2.20. The lowest BCUT2D eigenvalue weighted by atomic mass is 9.92. The van der Waals surface area contributed by atoms with Crippen LogP contribution in [0.3, 0.4) is 0 Å². The molecule has 0 amide bonds. The van der Waals surface area contributed by atoms with Crippen LogP contribution in [0.1, 0.15) is 34.0 Å². The van der Waals surface area contributed by atoms with Crippen molar-refractivity contribution in [1.82, 2.24) is 9.97 Å². The highest BCUT2D eigenvalue weighted by Crippen LogP contribution is 2.28. The Morgan fingerprint density at radius 3 is 2.29 bits per heavy atom. The minimum absolute atomic E-state index is 0.0157. The Morgan fingerprint density at radius 2 is 1.68 bits per heavy atom. The van der Waals surface area contributed by atoms with E-state index in [9.17, 15) is 19.1 Å². The van der Waals surface area contributed by atoms with Crippen LogP contribution in [0.2, 0.25) is 0 Å². The molecule has 2 N–H and O–H groups in total. The Labute approximate surface area is 159 Å². The van der Waals surface area contributed by atoms with Crippen LogP contribution in [0.5, 0.6) is 11.8 Å². The maximum absolute atomic E-state index is 13.2. The fraction of sp³-hybridized carbons (Fsp3) is 0.100. The number of aromatic nitrogens is 2. The summed E-state index contributed by atoms with van der Waals surface area (Å²) in [4.78, 5) is 30.5. The quantitative estimate of drug-likeness (QED) is 0.641. The third kappa shape index (κ3) is 4.67. The van der Waals surface area contributed by atoms with Gasteiger partial charge in [0.1, 0.15) is 11.6 Å². The molecule has 0 saturated carbocycles. The van der Waals surface area contributed by atoms with Gasteiger partial charge in [-0.2, -0.15) is 4.98 Å². The van der Waals surface area contributed by atoms with E-state index in [2.05, 4.69) is 9.97 Å². The fourth-order valence-corrected chi connectivity index (χ4v) is 2.63. The zero-order chi connectivity index (χ0) is 20.1. The largest absolute Gasteiger partial charge is 0.481 e. The van der Waals surface area contributed by atoms with Crippen LogP contribution in [0, 0.1) is 5.82 Å². The van der Waals surface area contributed by atoms with E-state index in [0.717, 1.165) is 0 Å². The lowest BCUT2D eigenvalue weighted by Crippen LogP contribution is -2.10. The monoisotopic (exact) mass is 382 g/mol. The number of hydrogen-bond acceptors (Lipinski definition) is 5. The number of benzene rings is 2. The molecule has 28 heavy (non-hydrogen) atoms. The number of ether oxygens (including phenoxy) is 1. The Hall–Kier alpha value is -3.81. The average molecular weight is 382 g/mol. The molecule has 2 aromatic carbocycles. The predicted octanol–water partition coefficient (Wildman–Crippen LogP) is 3.71. The first-order chi connectivity index (χ1) is 13.4. The van der Waals surface area contributed by atoms with Crippen molar-refractivity contribution < 1.29 is 28.9 Å². The van der Waals surface area contributed by atoms with Crippen LogP contribution in [0.25, 0.3) is 0 Å². The van der Waals surface area contributed by atoms with Crippen molar-refractivity contribution >= 4 is 11.9 Å². The lowest BCUT2D eigenvalue weighted by molar-refractivity contribution is -0.137. The highest BCUT2D eigenvalue weighted by atomic mass is 19.1. The van der Waals surface area contributed by atoms with Gasteiger partial charge in [0.25, 0.3) is 0 Å². The van der Waals surface area contributed by atoms with Crippen LogP contribution >= 0.6 is 0 Å². The number of aliphatic carboxylic acids is 1. The Balaban J connectivity index is 1.87. The van der Waals surface area contributed by atoms with Crippen molar-refractivity contribution in [2.24, 2.45) is 0 Å². The van der Waals surface area contributed by atoms with Gasteiger partial charge in [-0.05, 0) is 48.0 Å². The predicted molar refractivity (Wildman–Crippen MR) is 96.0 cm³/mol. The summed E-state index contributed by atoms with van der Waals surface area (Å²) in [5, 5.41) is 18.2. The molecule has 1 heterocycles. The van der Waals surface area contributed by atoms with Gasteiger partial charge < -0.3 is 14.9 Å². The molecule has 1 unspecified atom stereocenters. The second-order valence-electron chi connectivity index (χ2n) is 5.90. The Morgan fingerprint density at radius 1 is 1.00 bits per heavy atom. The first-order valence-corrected chi connectivity index (χ1v) is 8.24. The van der Waals surface area contributed by atoms with Crippen LogP contribution in [-0.2, 0) is 4.79 Å². The van der Waals surface area contributed by atoms with Crippen molar-refractivity contribution in [3.8, 4) is 11.8 Å². The van der Waals surface area contributed by atoms with Crippen molar-refractivity contribution in [3.63, 3.8) is 0 Å². The number of carbonyl (C=O) groups is 2. The molecule has 0 bridgehead atoms. The molecule has 0 spiro atoms. The lowest BCUT2D eigenvalue weighted by Gasteiger charge is -2.15. The number of rotatable bonds is 7. The minimum Gasteiger partial charge on any atom is -0.481 e. The van der Waals surface area contributed by atoms with E-state index < -0.39 is 23.7 Å². The van der Waals surface area contributed by atoms with Gasteiger partial charge in [0, 0.05) is 12.1 Å². The number of nitrogens with zero attached hydrogens (tertiary/aromatic N) is 2. The van der Waals surface area contributed by atoms with E-state index in [1.165, 1.54) is 54.7 Å². The molecule has 0 aliphatic heterocycles. The fourth-order valence-electron chi connectivity index (χ4n) is 2.63. The molecular formula is C20H15FN2O5. The summed E-state index contributed by atoms with van der Waals surface area (Å²) < 4.78 is 18.7. The second-order valence-corrected chi connectivity index (χ2v) is 5.90. The highest BCUT2D eigenvalue weighted by molar-refractivity contribution is 5.87. The molecule has 142 valence electrons. The molecule has 3 aromatic rings.